The lowest BCUT2D eigenvalue weighted by molar-refractivity contribution is -0.249. The van der Waals surface area contributed by atoms with E-state index in [1.807, 2.05) is 0 Å². The summed E-state index contributed by atoms with van der Waals surface area (Å²) >= 11 is 0. The van der Waals surface area contributed by atoms with Gasteiger partial charge in [-0.15, -0.1) is 0 Å². The van der Waals surface area contributed by atoms with Gasteiger partial charge in [-0.3, -0.25) is 10.3 Å². The zero-order valence-electron chi connectivity index (χ0n) is 19.7. The lowest BCUT2D eigenvalue weighted by Gasteiger charge is -2.40. The Bertz CT molecular complexity index is 1430. The van der Waals surface area contributed by atoms with Crippen LogP contribution in [0.3, 0.4) is 0 Å². The molecule has 0 saturated carbocycles. The SMILES string of the molecule is CC1(c2nc(NC(=O)Oc3nc4ccn(CC(F)F)c4nc3N)ccc2F)COC(C)(C(F)(F)F)C(N)=N1. The minimum absolute atomic E-state index is 0.0461. The molecule has 2 unspecified atom stereocenters. The molecule has 0 spiro atoms. The number of amidine groups is 1. The molecule has 5 N–H and O–H groups in total. The van der Waals surface area contributed by atoms with Gasteiger partial charge in [-0.25, -0.2) is 32.9 Å². The molecule has 1 aliphatic heterocycles. The molecule has 1 aliphatic rings. The Hall–Kier alpha value is -4.15. The number of alkyl halides is 5. The van der Waals surface area contributed by atoms with E-state index in [0.717, 1.165) is 16.7 Å². The quantitative estimate of drug-likeness (QED) is 0.412. The molecule has 17 heteroatoms. The standard InChI is InChI=1S/C21H20F6N8O3/c1-19(8-37-20(2,17(29)34-19)21(25,26)27)13-9(22)3-4-12(31-13)32-18(36)38-16-14(28)33-15-10(30-16)5-6-35(15)7-11(23)24/h3-6,11H,7-8H2,1-2H3,(H2,28,33)(H2,29,34)(H,31,32,36). The minimum atomic E-state index is -4.87. The normalized spacial score (nSPS) is 22.0. The van der Waals surface area contributed by atoms with Crippen molar-refractivity contribution in [3.8, 4) is 5.88 Å². The summed E-state index contributed by atoms with van der Waals surface area (Å²) in [6, 6.07) is 3.33. The molecule has 38 heavy (non-hydrogen) atoms. The Labute approximate surface area is 209 Å². The molecular weight excluding hydrogens is 526 g/mol. The topological polar surface area (TPSA) is 156 Å². The smallest absolute Gasteiger partial charge is 0.387 e. The maximum Gasteiger partial charge on any atom is 0.424 e. The van der Waals surface area contributed by atoms with Crippen molar-refractivity contribution in [2.45, 2.75) is 44.1 Å². The van der Waals surface area contributed by atoms with Gasteiger partial charge in [0.25, 0.3) is 12.3 Å². The number of aromatic nitrogens is 4. The number of carbonyl (C=O) groups is 1. The molecule has 11 nitrogen and oxygen atoms in total. The van der Waals surface area contributed by atoms with Crippen molar-refractivity contribution in [3.05, 3.63) is 35.9 Å². The molecule has 0 aliphatic carbocycles. The van der Waals surface area contributed by atoms with E-state index in [-0.39, 0.29) is 22.8 Å². The van der Waals surface area contributed by atoms with Gasteiger partial charge in [0.15, 0.2) is 11.5 Å². The Balaban J connectivity index is 1.55. The average Bonchev–Trinajstić information content (AvgIpc) is 3.18. The van der Waals surface area contributed by atoms with Crippen molar-refractivity contribution in [2.24, 2.45) is 10.7 Å². The number of aliphatic imine (C=N–C) groups is 1. The fraction of sp³-hybridized carbons (Fsp3) is 0.381. The van der Waals surface area contributed by atoms with Crippen LogP contribution in [0.15, 0.2) is 29.4 Å². The lowest BCUT2D eigenvalue weighted by atomic mass is 9.93. The molecule has 0 bridgehead atoms. The third-order valence-electron chi connectivity index (χ3n) is 5.73. The summed E-state index contributed by atoms with van der Waals surface area (Å²) in [6.45, 7) is 0.586. The monoisotopic (exact) mass is 546 g/mol. The number of amides is 1. The number of hydrogen-bond acceptors (Lipinski definition) is 9. The Morgan fingerprint density at radius 3 is 2.55 bits per heavy atom. The van der Waals surface area contributed by atoms with Gasteiger partial charge < -0.3 is 25.5 Å². The number of hydrogen-bond donors (Lipinski definition) is 3. The highest BCUT2D eigenvalue weighted by atomic mass is 19.4. The van der Waals surface area contributed by atoms with Crippen LogP contribution in [-0.2, 0) is 16.8 Å². The first-order valence-electron chi connectivity index (χ1n) is 10.8. The number of pyridine rings is 1. The number of nitrogens with zero attached hydrogens (tertiary/aromatic N) is 5. The van der Waals surface area contributed by atoms with Crippen LogP contribution in [0.2, 0.25) is 0 Å². The van der Waals surface area contributed by atoms with Crippen molar-refractivity contribution in [2.75, 3.05) is 17.7 Å². The molecule has 1 amide bonds. The van der Waals surface area contributed by atoms with Crippen LogP contribution < -0.4 is 21.5 Å². The predicted octanol–water partition coefficient (Wildman–Crippen LogP) is 3.35. The average molecular weight is 546 g/mol. The Kier molecular flexibility index (Phi) is 6.59. The second-order valence-electron chi connectivity index (χ2n) is 8.61. The van der Waals surface area contributed by atoms with Gasteiger partial charge >= 0.3 is 12.3 Å². The van der Waals surface area contributed by atoms with Crippen molar-refractivity contribution < 1.29 is 40.6 Å². The molecule has 3 aromatic heterocycles. The Morgan fingerprint density at radius 2 is 1.92 bits per heavy atom. The van der Waals surface area contributed by atoms with Gasteiger partial charge in [0.05, 0.1) is 13.2 Å². The summed E-state index contributed by atoms with van der Waals surface area (Å²) in [6.07, 6.45) is -7.39. The fourth-order valence-electron chi connectivity index (χ4n) is 3.58. The highest BCUT2D eigenvalue weighted by molar-refractivity contribution is 5.90. The van der Waals surface area contributed by atoms with Crippen LogP contribution >= 0.6 is 0 Å². The molecular formula is C21H20F6N8O3. The van der Waals surface area contributed by atoms with E-state index in [2.05, 4.69) is 25.3 Å². The number of carbonyl (C=O) groups excluding carboxylic acids is 1. The van der Waals surface area contributed by atoms with Crippen LogP contribution in [0.4, 0.5) is 42.8 Å². The predicted molar refractivity (Wildman–Crippen MR) is 121 cm³/mol. The number of ether oxygens (including phenoxy) is 2. The minimum Gasteiger partial charge on any atom is -0.387 e. The molecule has 0 radical (unpaired) electrons. The summed E-state index contributed by atoms with van der Waals surface area (Å²) in [5, 5.41) is 2.21. The maximum atomic E-state index is 14.6. The molecule has 0 saturated heterocycles. The number of nitrogens with one attached hydrogen (secondary N) is 1. The summed E-state index contributed by atoms with van der Waals surface area (Å²) < 4.78 is 91.3. The number of nitrogens with two attached hydrogens (primary N) is 2. The summed E-state index contributed by atoms with van der Waals surface area (Å²) in [4.78, 5) is 28.1. The van der Waals surface area contributed by atoms with Crippen LogP contribution in [0.25, 0.3) is 11.2 Å². The fourth-order valence-corrected chi connectivity index (χ4v) is 3.58. The van der Waals surface area contributed by atoms with Gasteiger partial charge in [0.2, 0.25) is 5.60 Å². The van der Waals surface area contributed by atoms with E-state index < -0.39 is 66.2 Å². The third kappa shape index (κ3) is 4.88. The van der Waals surface area contributed by atoms with Crippen LogP contribution in [0, 0.1) is 5.82 Å². The summed E-state index contributed by atoms with van der Waals surface area (Å²) in [5.41, 5.74) is 6.38. The molecule has 3 aromatic rings. The van der Waals surface area contributed by atoms with Crippen LogP contribution in [0.1, 0.15) is 19.5 Å². The van der Waals surface area contributed by atoms with E-state index in [4.69, 9.17) is 20.9 Å². The first-order valence-corrected chi connectivity index (χ1v) is 10.8. The lowest BCUT2D eigenvalue weighted by Crippen LogP contribution is -2.60. The van der Waals surface area contributed by atoms with Gasteiger partial charge in [0.1, 0.15) is 34.2 Å². The summed E-state index contributed by atoms with van der Waals surface area (Å²) in [7, 11) is 0. The molecule has 4 heterocycles. The van der Waals surface area contributed by atoms with Crippen molar-refractivity contribution in [1.29, 1.82) is 0 Å². The number of anilines is 2. The molecule has 2 atom stereocenters. The first-order chi connectivity index (χ1) is 17.6. The second-order valence-corrected chi connectivity index (χ2v) is 8.61. The third-order valence-corrected chi connectivity index (χ3v) is 5.73. The van der Waals surface area contributed by atoms with Crippen LogP contribution in [-0.4, -0.2) is 56.3 Å². The van der Waals surface area contributed by atoms with E-state index in [0.29, 0.717) is 6.92 Å². The molecule has 4 rings (SSSR count). The van der Waals surface area contributed by atoms with Gasteiger partial charge in [-0.1, -0.05) is 0 Å². The zero-order chi connectivity index (χ0) is 28.0. The number of halogens is 6. The molecule has 204 valence electrons. The first kappa shape index (κ1) is 26.9. The van der Waals surface area contributed by atoms with Gasteiger partial charge in [-0.2, -0.15) is 13.2 Å². The highest BCUT2D eigenvalue weighted by Gasteiger charge is 2.59. The second kappa shape index (κ2) is 9.30. The van der Waals surface area contributed by atoms with E-state index in [1.54, 1.807) is 0 Å². The maximum absolute atomic E-state index is 14.6. The van der Waals surface area contributed by atoms with E-state index in [1.165, 1.54) is 19.2 Å². The van der Waals surface area contributed by atoms with Gasteiger partial charge in [0, 0.05) is 6.20 Å². The highest BCUT2D eigenvalue weighted by Crippen LogP contribution is 2.41. The number of nitrogen functional groups attached to an aromatic ring is 1. The zero-order valence-corrected chi connectivity index (χ0v) is 19.7. The summed E-state index contributed by atoms with van der Waals surface area (Å²) in [5.74, 6) is -2.95. The van der Waals surface area contributed by atoms with Crippen molar-refractivity contribution >= 4 is 34.7 Å². The van der Waals surface area contributed by atoms with E-state index >= 15 is 0 Å². The number of rotatable bonds is 5. The van der Waals surface area contributed by atoms with E-state index in [9.17, 15) is 31.1 Å². The number of fused-ring (bicyclic) bond motifs is 1. The van der Waals surface area contributed by atoms with Crippen LogP contribution in [0.5, 0.6) is 5.88 Å². The van der Waals surface area contributed by atoms with Crippen molar-refractivity contribution in [3.63, 3.8) is 0 Å². The molecule has 0 fully saturated rings. The van der Waals surface area contributed by atoms with Gasteiger partial charge in [-0.05, 0) is 32.0 Å². The van der Waals surface area contributed by atoms with Crippen molar-refractivity contribution in [1.82, 2.24) is 19.5 Å². The largest absolute Gasteiger partial charge is 0.424 e. The Morgan fingerprint density at radius 1 is 1.21 bits per heavy atom. The molecule has 0 aromatic carbocycles.